The number of methoxy groups -OCH3 is 2. The van der Waals surface area contributed by atoms with Gasteiger partial charge < -0.3 is 14.4 Å². The largest absolute Gasteiger partial charge is 0.468 e. The Morgan fingerprint density at radius 1 is 1.15 bits per heavy atom. The lowest BCUT2D eigenvalue weighted by atomic mass is 9.53. The van der Waals surface area contributed by atoms with Gasteiger partial charge in [0.15, 0.2) is 5.41 Å². The van der Waals surface area contributed by atoms with Crippen LogP contribution >= 0.6 is 0 Å². The Balaban J connectivity index is 2.12. The van der Waals surface area contributed by atoms with Crippen LogP contribution in [0.4, 0.5) is 5.69 Å². The van der Waals surface area contributed by atoms with E-state index in [2.05, 4.69) is 23.6 Å². The van der Waals surface area contributed by atoms with Crippen molar-refractivity contribution in [2.24, 2.45) is 11.3 Å². The summed E-state index contributed by atoms with van der Waals surface area (Å²) in [6.45, 7) is 4.10. The molecular weight excluding hydrogens is 342 g/mol. The molecule has 2 fully saturated rings. The second-order valence-electron chi connectivity index (χ2n) is 8.05. The van der Waals surface area contributed by atoms with Gasteiger partial charge in [0.25, 0.3) is 0 Å². The summed E-state index contributed by atoms with van der Waals surface area (Å²) in [6.07, 6.45) is 5.98. The molecule has 3 aliphatic rings. The molecule has 1 aliphatic heterocycles. The number of hydrogen-bond acceptors (Lipinski definition) is 5. The van der Waals surface area contributed by atoms with E-state index in [-0.39, 0.29) is 11.3 Å². The van der Waals surface area contributed by atoms with E-state index in [1.165, 1.54) is 19.8 Å². The second kappa shape index (κ2) is 5.85. The van der Waals surface area contributed by atoms with Crippen LogP contribution in [0.1, 0.15) is 37.7 Å². The summed E-state index contributed by atoms with van der Waals surface area (Å²) in [5, 5.41) is 0. The first-order chi connectivity index (χ1) is 13.0. The van der Waals surface area contributed by atoms with E-state index in [9.17, 15) is 9.59 Å². The fraction of sp³-hybridized carbons (Fsp3) is 0.545. The molecule has 0 spiro atoms. The van der Waals surface area contributed by atoms with Crippen LogP contribution in [-0.2, 0) is 24.5 Å². The van der Waals surface area contributed by atoms with Crippen LogP contribution in [0.5, 0.6) is 0 Å². The number of allylic oxidation sites excluding steroid dienone is 1. The number of likely N-dealkylation sites (N-methyl/N-ethyl adjacent to an activating group) is 1. The van der Waals surface area contributed by atoms with Gasteiger partial charge in [-0.2, -0.15) is 0 Å². The van der Waals surface area contributed by atoms with Crippen LogP contribution in [0, 0.1) is 11.3 Å². The highest BCUT2D eigenvalue weighted by Crippen LogP contribution is 2.74. The monoisotopic (exact) mass is 369 g/mol. The first kappa shape index (κ1) is 18.1. The van der Waals surface area contributed by atoms with E-state index < -0.39 is 22.9 Å². The van der Waals surface area contributed by atoms with E-state index in [1.54, 1.807) is 0 Å². The van der Waals surface area contributed by atoms with Gasteiger partial charge in [-0.25, -0.2) is 0 Å². The molecule has 2 saturated carbocycles. The second-order valence-corrected chi connectivity index (χ2v) is 8.05. The van der Waals surface area contributed by atoms with Crippen molar-refractivity contribution in [3.8, 4) is 0 Å². The Bertz CT molecular complexity index is 802. The highest BCUT2D eigenvalue weighted by molar-refractivity contribution is 6.05. The molecule has 0 bridgehead atoms. The summed E-state index contributed by atoms with van der Waals surface area (Å²) in [4.78, 5) is 28.8. The summed E-state index contributed by atoms with van der Waals surface area (Å²) >= 11 is 0. The first-order valence-electron chi connectivity index (χ1n) is 9.60. The molecule has 27 heavy (non-hydrogen) atoms. The van der Waals surface area contributed by atoms with Crippen molar-refractivity contribution in [3.63, 3.8) is 0 Å². The van der Waals surface area contributed by atoms with Gasteiger partial charge in [-0.1, -0.05) is 37.1 Å². The highest BCUT2D eigenvalue weighted by Gasteiger charge is 2.82. The minimum absolute atomic E-state index is 0.0119. The van der Waals surface area contributed by atoms with Gasteiger partial charge in [0.1, 0.15) is 0 Å². The zero-order valence-electron chi connectivity index (χ0n) is 16.3. The average Bonchev–Trinajstić information content (AvgIpc) is 3.13. The summed E-state index contributed by atoms with van der Waals surface area (Å²) < 4.78 is 10.5. The third-order valence-corrected chi connectivity index (χ3v) is 7.63. The van der Waals surface area contributed by atoms with Crippen molar-refractivity contribution in [2.75, 3.05) is 26.2 Å². The molecule has 0 radical (unpaired) electrons. The van der Waals surface area contributed by atoms with Crippen LogP contribution in [0.3, 0.4) is 0 Å². The zero-order valence-corrected chi connectivity index (χ0v) is 16.3. The molecule has 2 aliphatic carbocycles. The number of benzene rings is 1. The maximum atomic E-state index is 13.3. The lowest BCUT2D eigenvalue weighted by molar-refractivity contribution is -0.175. The molecule has 0 N–H and O–H groups in total. The molecule has 0 saturated heterocycles. The van der Waals surface area contributed by atoms with Gasteiger partial charge in [0, 0.05) is 18.2 Å². The van der Waals surface area contributed by atoms with Crippen molar-refractivity contribution in [1.82, 2.24) is 0 Å². The van der Waals surface area contributed by atoms with Gasteiger partial charge in [0.2, 0.25) is 0 Å². The molecule has 0 aromatic heterocycles. The summed E-state index contributed by atoms with van der Waals surface area (Å²) in [7, 11) is 4.73. The summed E-state index contributed by atoms with van der Waals surface area (Å²) in [5.74, 6) is -1.00. The molecule has 4 rings (SSSR count). The van der Waals surface area contributed by atoms with E-state index >= 15 is 0 Å². The predicted molar refractivity (Wildman–Crippen MR) is 102 cm³/mol. The van der Waals surface area contributed by atoms with Crippen LogP contribution in [0.25, 0.3) is 0 Å². The van der Waals surface area contributed by atoms with Gasteiger partial charge in [-0.15, -0.1) is 6.58 Å². The quantitative estimate of drug-likeness (QED) is 0.465. The number of ether oxygens (including phenoxy) is 2. The van der Waals surface area contributed by atoms with Gasteiger partial charge in [-0.05, 0) is 36.8 Å². The van der Waals surface area contributed by atoms with Gasteiger partial charge in [0.05, 0.1) is 19.8 Å². The van der Waals surface area contributed by atoms with Crippen LogP contribution in [-0.4, -0.2) is 38.7 Å². The van der Waals surface area contributed by atoms with Gasteiger partial charge >= 0.3 is 11.9 Å². The minimum atomic E-state index is -1.37. The third kappa shape index (κ3) is 1.71. The lowest BCUT2D eigenvalue weighted by Crippen LogP contribution is -2.69. The molecule has 144 valence electrons. The summed E-state index contributed by atoms with van der Waals surface area (Å²) in [5.41, 5.74) is -0.125. The minimum Gasteiger partial charge on any atom is -0.468 e. The number of hydrogen-bond donors (Lipinski definition) is 0. The van der Waals surface area contributed by atoms with E-state index in [0.717, 1.165) is 31.4 Å². The number of carbonyl (C=O) groups excluding carboxylic acids is 2. The van der Waals surface area contributed by atoms with Crippen molar-refractivity contribution in [3.05, 3.63) is 42.5 Å². The third-order valence-electron chi connectivity index (χ3n) is 7.63. The molecule has 5 nitrogen and oxygen atoms in total. The lowest BCUT2D eigenvalue weighted by Gasteiger charge is -2.55. The average molecular weight is 369 g/mol. The Morgan fingerprint density at radius 3 is 2.41 bits per heavy atom. The van der Waals surface area contributed by atoms with E-state index in [4.69, 9.17) is 9.47 Å². The van der Waals surface area contributed by atoms with E-state index in [0.29, 0.717) is 6.42 Å². The molecule has 0 amide bonds. The Labute approximate surface area is 160 Å². The zero-order chi connectivity index (χ0) is 19.4. The van der Waals surface area contributed by atoms with Gasteiger partial charge in [-0.3, -0.25) is 9.59 Å². The highest BCUT2D eigenvalue weighted by atomic mass is 16.5. The Morgan fingerprint density at radius 2 is 1.78 bits per heavy atom. The van der Waals surface area contributed by atoms with Crippen LogP contribution in [0.2, 0.25) is 0 Å². The van der Waals surface area contributed by atoms with E-state index in [1.807, 2.05) is 25.3 Å². The summed E-state index contributed by atoms with van der Waals surface area (Å²) in [6, 6.07) is 8.29. The predicted octanol–water partition coefficient (Wildman–Crippen LogP) is 3.23. The molecule has 5 heteroatoms. The smallest absolute Gasteiger partial charge is 0.325 e. The number of esters is 2. The fourth-order valence-corrected chi connectivity index (χ4v) is 6.85. The van der Waals surface area contributed by atoms with Crippen molar-refractivity contribution in [1.29, 1.82) is 0 Å². The SMILES string of the molecule is C=C[C@@H]1CC(C(=O)OC)(C(=O)OC)[C@]23CCCC[C@]12c1ccccc1N3C. The number of para-hydroxylation sites is 1. The standard InChI is InChI=1S/C22H27NO4/c1-5-15-14-21(18(24)26-3,19(25)27-4)22-13-9-8-12-20(15,22)16-10-6-7-11-17(16)23(22)2/h5-7,10-11,15H,1,8-9,12-14H2,2-4H3/t15-,20-,22+/m1/s1. The van der Waals surface area contributed by atoms with Crippen molar-refractivity contribution < 1.29 is 19.1 Å². The number of fused-ring (bicyclic) bond motifs is 1. The molecule has 0 unspecified atom stereocenters. The normalized spacial score (nSPS) is 32.9. The first-order valence-corrected chi connectivity index (χ1v) is 9.60. The molecule has 1 aromatic rings. The molecular formula is C22H27NO4. The number of rotatable bonds is 3. The molecule has 1 heterocycles. The van der Waals surface area contributed by atoms with Crippen LogP contribution < -0.4 is 4.90 Å². The molecule has 1 aromatic carbocycles. The van der Waals surface area contributed by atoms with Crippen molar-refractivity contribution in [2.45, 2.75) is 43.1 Å². The number of anilines is 1. The van der Waals surface area contributed by atoms with Crippen LogP contribution in [0.15, 0.2) is 36.9 Å². The fourth-order valence-electron chi connectivity index (χ4n) is 6.85. The topological polar surface area (TPSA) is 55.8 Å². The maximum absolute atomic E-state index is 13.3. The molecule has 3 atom stereocenters. The van der Waals surface area contributed by atoms with Crippen molar-refractivity contribution >= 4 is 17.6 Å². The number of carbonyl (C=O) groups is 2. The Hall–Kier alpha value is -2.30. The maximum Gasteiger partial charge on any atom is 0.325 e. The Kier molecular flexibility index (Phi) is 3.92. The number of nitrogens with zero attached hydrogens (tertiary/aromatic N) is 1.